The predicted molar refractivity (Wildman–Crippen MR) is 62.7 cm³/mol. The molecule has 0 bridgehead atoms. The zero-order chi connectivity index (χ0) is 11.0. The standard InChI is InChI=1S/C11H20O2S/c1-4-6-14-7-5-10(11(12)13)8-9(2)3/h4,9-10H,1,5-8H2,2-3H3,(H,12,13). The minimum Gasteiger partial charge on any atom is -0.481 e. The summed E-state index contributed by atoms with van der Waals surface area (Å²) in [7, 11) is 0. The quantitative estimate of drug-likeness (QED) is 0.500. The Labute approximate surface area is 90.8 Å². The summed E-state index contributed by atoms with van der Waals surface area (Å²) in [6, 6.07) is 0. The van der Waals surface area contributed by atoms with E-state index in [2.05, 4.69) is 20.4 Å². The van der Waals surface area contributed by atoms with Gasteiger partial charge in [-0.15, -0.1) is 6.58 Å². The van der Waals surface area contributed by atoms with Crippen LogP contribution in [0.3, 0.4) is 0 Å². The molecule has 1 N–H and O–H groups in total. The summed E-state index contributed by atoms with van der Waals surface area (Å²) in [6.07, 6.45) is 3.40. The highest BCUT2D eigenvalue weighted by Gasteiger charge is 2.17. The van der Waals surface area contributed by atoms with Crippen LogP contribution in [-0.4, -0.2) is 22.6 Å². The van der Waals surface area contributed by atoms with Crippen LogP contribution < -0.4 is 0 Å². The molecule has 0 aromatic carbocycles. The van der Waals surface area contributed by atoms with Crippen molar-refractivity contribution < 1.29 is 9.90 Å². The van der Waals surface area contributed by atoms with Gasteiger partial charge in [-0.05, 0) is 24.5 Å². The number of thioether (sulfide) groups is 1. The van der Waals surface area contributed by atoms with Gasteiger partial charge in [0.05, 0.1) is 5.92 Å². The molecule has 0 fully saturated rings. The molecule has 0 amide bonds. The Morgan fingerprint density at radius 2 is 2.21 bits per heavy atom. The molecular weight excluding hydrogens is 196 g/mol. The minimum atomic E-state index is -0.655. The Hall–Kier alpha value is -0.440. The highest BCUT2D eigenvalue weighted by atomic mass is 32.2. The van der Waals surface area contributed by atoms with Crippen molar-refractivity contribution in [1.82, 2.24) is 0 Å². The zero-order valence-corrected chi connectivity index (χ0v) is 9.85. The van der Waals surface area contributed by atoms with Crippen LogP contribution in [0.4, 0.5) is 0 Å². The Kier molecular flexibility index (Phi) is 7.67. The van der Waals surface area contributed by atoms with Gasteiger partial charge in [0.25, 0.3) is 0 Å². The van der Waals surface area contributed by atoms with Crippen LogP contribution in [0, 0.1) is 11.8 Å². The second kappa shape index (κ2) is 7.92. The SMILES string of the molecule is C=CCSCCC(CC(C)C)C(=O)O. The highest BCUT2D eigenvalue weighted by molar-refractivity contribution is 7.99. The maximum absolute atomic E-state index is 10.9. The topological polar surface area (TPSA) is 37.3 Å². The van der Waals surface area contributed by atoms with Gasteiger partial charge >= 0.3 is 5.97 Å². The highest BCUT2D eigenvalue weighted by Crippen LogP contribution is 2.18. The molecule has 0 rings (SSSR count). The molecule has 3 heteroatoms. The maximum Gasteiger partial charge on any atom is 0.306 e. The van der Waals surface area contributed by atoms with Gasteiger partial charge in [-0.1, -0.05) is 19.9 Å². The monoisotopic (exact) mass is 216 g/mol. The molecule has 0 radical (unpaired) electrons. The first kappa shape index (κ1) is 13.6. The Bertz CT molecular complexity index is 178. The van der Waals surface area contributed by atoms with E-state index >= 15 is 0 Å². The minimum absolute atomic E-state index is 0.174. The lowest BCUT2D eigenvalue weighted by Crippen LogP contribution is -2.16. The molecule has 0 spiro atoms. The smallest absolute Gasteiger partial charge is 0.306 e. The van der Waals surface area contributed by atoms with E-state index < -0.39 is 5.97 Å². The van der Waals surface area contributed by atoms with Crippen LogP contribution in [0.2, 0.25) is 0 Å². The third-order valence-corrected chi connectivity index (χ3v) is 2.95. The number of hydrogen-bond acceptors (Lipinski definition) is 2. The third kappa shape index (κ3) is 7.01. The normalized spacial score (nSPS) is 12.8. The predicted octanol–water partition coefficient (Wildman–Crippen LogP) is 3.04. The average Bonchev–Trinajstić information content (AvgIpc) is 2.09. The van der Waals surface area contributed by atoms with Crippen LogP contribution in [0.25, 0.3) is 0 Å². The van der Waals surface area contributed by atoms with Crippen molar-refractivity contribution in [3.8, 4) is 0 Å². The van der Waals surface area contributed by atoms with Crippen molar-refractivity contribution >= 4 is 17.7 Å². The Morgan fingerprint density at radius 3 is 2.64 bits per heavy atom. The molecule has 0 aliphatic heterocycles. The lowest BCUT2D eigenvalue weighted by Gasteiger charge is -2.13. The second-order valence-corrected chi connectivity index (χ2v) is 4.97. The van der Waals surface area contributed by atoms with Gasteiger partial charge in [0.15, 0.2) is 0 Å². The van der Waals surface area contributed by atoms with E-state index in [-0.39, 0.29) is 5.92 Å². The molecule has 2 nitrogen and oxygen atoms in total. The number of aliphatic carboxylic acids is 1. The number of carboxylic acids is 1. The summed E-state index contributed by atoms with van der Waals surface area (Å²) in [5.74, 6) is 1.45. The lowest BCUT2D eigenvalue weighted by molar-refractivity contribution is -0.142. The van der Waals surface area contributed by atoms with Gasteiger partial charge in [-0.25, -0.2) is 0 Å². The fourth-order valence-electron chi connectivity index (χ4n) is 1.30. The molecule has 14 heavy (non-hydrogen) atoms. The average molecular weight is 216 g/mol. The molecule has 0 aromatic heterocycles. The van der Waals surface area contributed by atoms with E-state index in [1.165, 1.54) is 0 Å². The van der Waals surface area contributed by atoms with E-state index in [0.29, 0.717) is 5.92 Å². The Morgan fingerprint density at radius 1 is 1.57 bits per heavy atom. The number of rotatable bonds is 8. The van der Waals surface area contributed by atoms with Gasteiger partial charge in [0, 0.05) is 5.75 Å². The Balaban J connectivity index is 3.73. The van der Waals surface area contributed by atoms with Crippen molar-refractivity contribution in [3.05, 3.63) is 12.7 Å². The van der Waals surface area contributed by atoms with Crippen LogP contribution >= 0.6 is 11.8 Å². The number of carboxylic acid groups (broad SMARTS) is 1. The van der Waals surface area contributed by atoms with E-state index in [1.54, 1.807) is 11.8 Å². The summed E-state index contributed by atoms with van der Waals surface area (Å²) < 4.78 is 0. The van der Waals surface area contributed by atoms with Crippen molar-refractivity contribution in [2.75, 3.05) is 11.5 Å². The van der Waals surface area contributed by atoms with Crippen molar-refractivity contribution in [2.45, 2.75) is 26.7 Å². The van der Waals surface area contributed by atoms with Crippen LogP contribution in [0.1, 0.15) is 26.7 Å². The third-order valence-electron chi connectivity index (χ3n) is 1.95. The second-order valence-electron chi connectivity index (χ2n) is 3.82. The molecule has 0 heterocycles. The van der Waals surface area contributed by atoms with E-state index in [1.807, 2.05) is 6.08 Å². The first-order chi connectivity index (χ1) is 6.57. The first-order valence-electron chi connectivity index (χ1n) is 4.99. The summed E-state index contributed by atoms with van der Waals surface area (Å²) >= 11 is 1.74. The molecular formula is C11H20O2S. The fraction of sp³-hybridized carbons (Fsp3) is 0.727. The number of carbonyl (C=O) groups is 1. The molecule has 0 saturated carbocycles. The van der Waals surface area contributed by atoms with Crippen LogP contribution in [0.5, 0.6) is 0 Å². The summed E-state index contributed by atoms with van der Waals surface area (Å²) in [4.78, 5) is 10.9. The summed E-state index contributed by atoms with van der Waals surface area (Å²) in [5.41, 5.74) is 0. The zero-order valence-electron chi connectivity index (χ0n) is 9.03. The number of hydrogen-bond donors (Lipinski definition) is 1. The van der Waals surface area contributed by atoms with Crippen molar-refractivity contribution in [1.29, 1.82) is 0 Å². The fourth-order valence-corrected chi connectivity index (χ4v) is 2.09. The van der Waals surface area contributed by atoms with Crippen molar-refractivity contribution in [3.63, 3.8) is 0 Å². The largest absolute Gasteiger partial charge is 0.481 e. The lowest BCUT2D eigenvalue weighted by atomic mass is 9.95. The van der Waals surface area contributed by atoms with Crippen molar-refractivity contribution in [2.24, 2.45) is 11.8 Å². The van der Waals surface area contributed by atoms with Crippen LogP contribution in [0.15, 0.2) is 12.7 Å². The van der Waals surface area contributed by atoms with Crippen LogP contribution in [-0.2, 0) is 4.79 Å². The molecule has 0 aromatic rings. The van der Waals surface area contributed by atoms with E-state index in [0.717, 1.165) is 24.3 Å². The van der Waals surface area contributed by atoms with Gasteiger partial charge in [0.1, 0.15) is 0 Å². The van der Waals surface area contributed by atoms with Gasteiger partial charge in [-0.2, -0.15) is 11.8 Å². The first-order valence-corrected chi connectivity index (χ1v) is 6.14. The molecule has 82 valence electrons. The molecule has 0 saturated heterocycles. The van der Waals surface area contributed by atoms with E-state index in [9.17, 15) is 4.79 Å². The van der Waals surface area contributed by atoms with Gasteiger partial charge in [-0.3, -0.25) is 4.79 Å². The summed E-state index contributed by atoms with van der Waals surface area (Å²) in [6.45, 7) is 7.75. The van der Waals surface area contributed by atoms with E-state index in [4.69, 9.17) is 5.11 Å². The summed E-state index contributed by atoms with van der Waals surface area (Å²) in [5, 5.41) is 8.95. The molecule has 0 aliphatic rings. The molecule has 1 unspecified atom stereocenters. The maximum atomic E-state index is 10.9. The molecule has 0 aliphatic carbocycles. The van der Waals surface area contributed by atoms with Gasteiger partial charge in [0.2, 0.25) is 0 Å². The molecule has 1 atom stereocenters. The van der Waals surface area contributed by atoms with Gasteiger partial charge < -0.3 is 5.11 Å².